The monoisotopic (exact) mass is 113 g/mol. The second kappa shape index (κ2) is 3.53. The molecule has 1 aliphatic heterocycles. The molecule has 0 aliphatic carbocycles. The molecule has 0 bridgehead atoms. The minimum atomic E-state index is 0.692. The van der Waals surface area contributed by atoms with E-state index in [1.807, 2.05) is 13.8 Å². The topological polar surface area (TPSA) is 12.0 Å². The zero-order chi connectivity index (χ0) is 6.57. The Morgan fingerprint density at radius 1 is 1.62 bits per heavy atom. The van der Waals surface area contributed by atoms with Crippen LogP contribution in [0.1, 0.15) is 27.2 Å². The fraction of sp³-hybridized carbons (Fsp3) is 0.714. The lowest BCUT2D eigenvalue weighted by Crippen LogP contribution is -2.36. The lowest BCUT2D eigenvalue weighted by molar-refractivity contribution is 0.485. The summed E-state index contributed by atoms with van der Waals surface area (Å²) in [4.78, 5) is 0. The van der Waals surface area contributed by atoms with Crippen LogP contribution in [0.15, 0.2) is 12.3 Å². The Labute approximate surface area is 51.8 Å². The third-order valence-corrected chi connectivity index (χ3v) is 1.00. The van der Waals surface area contributed by atoms with Crippen LogP contribution in [0.4, 0.5) is 0 Å². The highest BCUT2D eigenvalue weighted by molar-refractivity contribution is 5.05. The lowest BCUT2D eigenvalue weighted by Gasteiger charge is -2.27. The highest BCUT2D eigenvalue weighted by atomic mass is 15.0. The maximum Gasteiger partial charge on any atom is 0.0284 e. The SMILES string of the molecule is C=C1CC(C)N1.CC. The Morgan fingerprint density at radius 2 is 2.00 bits per heavy atom. The van der Waals surface area contributed by atoms with Crippen molar-refractivity contribution >= 4 is 0 Å². The third kappa shape index (κ3) is 2.01. The lowest BCUT2D eigenvalue weighted by atomic mass is 10.1. The minimum absolute atomic E-state index is 0.692. The fourth-order valence-corrected chi connectivity index (χ4v) is 0.697. The van der Waals surface area contributed by atoms with E-state index in [-0.39, 0.29) is 0 Å². The Kier molecular flexibility index (Phi) is 3.33. The Bertz CT molecular complexity index is 68.5. The quantitative estimate of drug-likeness (QED) is 0.506. The molecule has 1 rings (SSSR count). The molecule has 0 aromatic rings. The van der Waals surface area contributed by atoms with Crippen molar-refractivity contribution in [1.82, 2.24) is 5.32 Å². The molecule has 1 fully saturated rings. The summed E-state index contributed by atoms with van der Waals surface area (Å²) in [5, 5.41) is 3.11. The maximum absolute atomic E-state index is 3.70. The van der Waals surface area contributed by atoms with E-state index in [0.717, 1.165) is 0 Å². The molecule has 1 unspecified atom stereocenters. The van der Waals surface area contributed by atoms with Crippen molar-refractivity contribution in [3.05, 3.63) is 12.3 Å². The van der Waals surface area contributed by atoms with Gasteiger partial charge in [-0.1, -0.05) is 20.4 Å². The first-order chi connectivity index (χ1) is 3.79. The van der Waals surface area contributed by atoms with Gasteiger partial charge in [0.05, 0.1) is 0 Å². The van der Waals surface area contributed by atoms with E-state index in [2.05, 4.69) is 18.8 Å². The molecule has 8 heavy (non-hydrogen) atoms. The van der Waals surface area contributed by atoms with Crippen molar-refractivity contribution in [2.75, 3.05) is 0 Å². The third-order valence-electron chi connectivity index (χ3n) is 1.00. The summed E-state index contributed by atoms with van der Waals surface area (Å²) in [6.07, 6.45) is 1.17. The molecule has 1 heterocycles. The minimum Gasteiger partial charge on any atom is -0.386 e. The Balaban J connectivity index is 0.000000222. The van der Waals surface area contributed by atoms with Crippen LogP contribution >= 0.6 is 0 Å². The zero-order valence-electron chi connectivity index (χ0n) is 5.99. The van der Waals surface area contributed by atoms with E-state index >= 15 is 0 Å². The highest BCUT2D eigenvalue weighted by Gasteiger charge is 2.12. The van der Waals surface area contributed by atoms with Crippen LogP contribution in [0.5, 0.6) is 0 Å². The summed E-state index contributed by atoms with van der Waals surface area (Å²) >= 11 is 0. The van der Waals surface area contributed by atoms with Gasteiger partial charge in [0.2, 0.25) is 0 Å². The van der Waals surface area contributed by atoms with Gasteiger partial charge in [-0.3, -0.25) is 0 Å². The molecule has 1 atom stereocenters. The number of rotatable bonds is 0. The van der Waals surface area contributed by atoms with Gasteiger partial charge >= 0.3 is 0 Å². The van der Waals surface area contributed by atoms with E-state index in [4.69, 9.17) is 0 Å². The molecule has 1 heteroatoms. The first-order valence-electron chi connectivity index (χ1n) is 3.23. The smallest absolute Gasteiger partial charge is 0.0284 e. The van der Waals surface area contributed by atoms with Gasteiger partial charge in [-0.2, -0.15) is 0 Å². The van der Waals surface area contributed by atoms with Gasteiger partial charge in [0.25, 0.3) is 0 Å². The van der Waals surface area contributed by atoms with Gasteiger partial charge < -0.3 is 5.32 Å². The molecule has 0 amide bonds. The van der Waals surface area contributed by atoms with Crippen LogP contribution in [-0.4, -0.2) is 6.04 Å². The molecule has 1 saturated heterocycles. The molecule has 0 radical (unpaired) electrons. The molecule has 0 aromatic carbocycles. The number of nitrogens with one attached hydrogen (secondary N) is 1. The van der Waals surface area contributed by atoms with Gasteiger partial charge in [0.15, 0.2) is 0 Å². The number of hydrogen-bond acceptors (Lipinski definition) is 1. The van der Waals surface area contributed by atoms with Crippen molar-refractivity contribution in [1.29, 1.82) is 0 Å². The van der Waals surface area contributed by atoms with Gasteiger partial charge in [0, 0.05) is 18.2 Å². The standard InChI is InChI=1S/C5H9N.C2H6/c1-4-3-5(2)6-4;1-2/h5-6H,1,3H2,2H3;1-2H3. The van der Waals surface area contributed by atoms with Crippen molar-refractivity contribution in [2.45, 2.75) is 33.2 Å². The first kappa shape index (κ1) is 7.54. The van der Waals surface area contributed by atoms with Gasteiger partial charge in [-0.15, -0.1) is 0 Å². The summed E-state index contributed by atoms with van der Waals surface area (Å²) in [7, 11) is 0. The molecule has 48 valence electrons. The first-order valence-corrected chi connectivity index (χ1v) is 3.23. The average Bonchev–Trinajstić information content (AvgIpc) is 1.70. The van der Waals surface area contributed by atoms with E-state index in [1.165, 1.54) is 12.1 Å². The van der Waals surface area contributed by atoms with Crippen LogP contribution in [0, 0.1) is 0 Å². The van der Waals surface area contributed by atoms with Crippen molar-refractivity contribution in [3.63, 3.8) is 0 Å². The number of hydrogen-bond donors (Lipinski definition) is 1. The highest BCUT2D eigenvalue weighted by Crippen LogP contribution is 2.10. The molecule has 0 saturated carbocycles. The van der Waals surface area contributed by atoms with Crippen molar-refractivity contribution in [2.24, 2.45) is 0 Å². The second-order valence-corrected chi connectivity index (χ2v) is 1.85. The van der Waals surface area contributed by atoms with E-state index < -0.39 is 0 Å². The second-order valence-electron chi connectivity index (χ2n) is 1.85. The van der Waals surface area contributed by atoms with Gasteiger partial charge in [-0.05, 0) is 6.92 Å². The molecule has 1 nitrogen and oxygen atoms in total. The summed E-state index contributed by atoms with van der Waals surface area (Å²) in [5.41, 5.74) is 1.18. The van der Waals surface area contributed by atoms with Gasteiger partial charge in [-0.25, -0.2) is 0 Å². The summed E-state index contributed by atoms with van der Waals surface area (Å²) in [6, 6.07) is 0.692. The molecular weight excluding hydrogens is 98.1 g/mol. The molecule has 1 N–H and O–H groups in total. The maximum atomic E-state index is 3.70. The van der Waals surface area contributed by atoms with E-state index in [9.17, 15) is 0 Å². The normalized spacial score (nSPS) is 24.4. The average molecular weight is 113 g/mol. The van der Waals surface area contributed by atoms with Crippen LogP contribution in [0.3, 0.4) is 0 Å². The zero-order valence-corrected chi connectivity index (χ0v) is 5.99. The van der Waals surface area contributed by atoms with E-state index in [1.54, 1.807) is 0 Å². The van der Waals surface area contributed by atoms with Crippen molar-refractivity contribution < 1.29 is 0 Å². The Morgan fingerprint density at radius 3 is 2.00 bits per heavy atom. The molecular formula is C7H15N. The van der Waals surface area contributed by atoms with Crippen LogP contribution in [0.25, 0.3) is 0 Å². The van der Waals surface area contributed by atoms with Crippen molar-refractivity contribution in [3.8, 4) is 0 Å². The van der Waals surface area contributed by atoms with Crippen LogP contribution in [0.2, 0.25) is 0 Å². The molecule has 0 spiro atoms. The summed E-state index contributed by atoms with van der Waals surface area (Å²) in [6.45, 7) is 9.85. The van der Waals surface area contributed by atoms with Gasteiger partial charge in [0.1, 0.15) is 0 Å². The van der Waals surface area contributed by atoms with Crippen LogP contribution < -0.4 is 5.32 Å². The Hall–Kier alpha value is -0.460. The van der Waals surface area contributed by atoms with Crippen LogP contribution in [-0.2, 0) is 0 Å². The predicted molar refractivity (Wildman–Crippen MR) is 37.7 cm³/mol. The molecule has 1 aliphatic rings. The summed E-state index contributed by atoms with van der Waals surface area (Å²) < 4.78 is 0. The van der Waals surface area contributed by atoms with E-state index in [0.29, 0.717) is 6.04 Å². The fourth-order valence-electron chi connectivity index (χ4n) is 0.697. The largest absolute Gasteiger partial charge is 0.386 e. The summed E-state index contributed by atoms with van der Waals surface area (Å²) in [5.74, 6) is 0. The predicted octanol–water partition coefficient (Wildman–Crippen LogP) is 1.91. The molecule has 0 aromatic heterocycles.